The van der Waals surface area contributed by atoms with Gasteiger partial charge in [0.15, 0.2) is 0 Å². The molecule has 0 aromatic rings. The zero-order valence-corrected chi connectivity index (χ0v) is 11.1. The van der Waals surface area contributed by atoms with Gasteiger partial charge in [-0.3, -0.25) is 4.57 Å². The molecule has 0 aliphatic heterocycles. The summed E-state index contributed by atoms with van der Waals surface area (Å²) in [6.45, 7) is 7.36. The Balaban J connectivity index is 3.93. The summed E-state index contributed by atoms with van der Waals surface area (Å²) in [6.07, 6.45) is 0.606. The van der Waals surface area contributed by atoms with Crippen LogP contribution in [-0.2, 0) is 23.1 Å². The van der Waals surface area contributed by atoms with Crippen molar-refractivity contribution in [3.63, 3.8) is 0 Å². The van der Waals surface area contributed by atoms with Gasteiger partial charge < -0.3 is 18.5 Å². The largest absolute Gasteiger partial charge is 0.508 e. The van der Waals surface area contributed by atoms with E-state index in [9.17, 15) is 9.36 Å². The van der Waals surface area contributed by atoms with E-state index in [0.717, 1.165) is 0 Å². The standard InChI is InChI=1S/C10H19O6P/c1-4-7-13-10(11)14-8-9-17(12,15-5-2)16-6-3/h4H,1,5-9H2,2-3H3. The van der Waals surface area contributed by atoms with Crippen LogP contribution in [0.1, 0.15) is 13.8 Å². The molecule has 0 saturated heterocycles. The average molecular weight is 266 g/mol. The lowest BCUT2D eigenvalue weighted by molar-refractivity contribution is 0.0665. The molecule has 0 fully saturated rings. The van der Waals surface area contributed by atoms with Crippen LogP contribution in [-0.4, -0.2) is 38.7 Å². The van der Waals surface area contributed by atoms with Crippen molar-refractivity contribution in [2.24, 2.45) is 0 Å². The molecule has 0 radical (unpaired) electrons. The van der Waals surface area contributed by atoms with Crippen LogP contribution in [0.2, 0.25) is 0 Å². The number of ether oxygens (including phenoxy) is 2. The molecule has 0 bridgehead atoms. The molecule has 17 heavy (non-hydrogen) atoms. The van der Waals surface area contributed by atoms with Gasteiger partial charge in [0.05, 0.1) is 19.4 Å². The minimum absolute atomic E-state index is 0.0118. The Morgan fingerprint density at radius 2 is 1.82 bits per heavy atom. The summed E-state index contributed by atoms with van der Waals surface area (Å²) >= 11 is 0. The number of hydrogen-bond acceptors (Lipinski definition) is 6. The molecule has 7 heteroatoms. The highest BCUT2D eigenvalue weighted by Crippen LogP contribution is 2.47. The van der Waals surface area contributed by atoms with Crippen LogP contribution < -0.4 is 0 Å². The van der Waals surface area contributed by atoms with Crippen molar-refractivity contribution in [2.45, 2.75) is 13.8 Å². The first-order chi connectivity index (χ1) is 8.08. The third-order valence-corrected chi connectivity index (χ3v) is 3.59. The summed E-state index contributed by atoms with van der Waals surface area (Å²) in [5, 5.41) is 0. The maximum absolute atomic E-state index is 11.9. The smallest absolute Gasteiger partial charge is 0.434 e. The second-order valence-electron chi connectivity index (χ2n) is 2.87. The molecule has 0 saturated carbocycles. The van der Waals surface area contributed by atoms with Crippen LogP contribution in [0.3, 0.4) is 0 Å². The van der Waals surface area contributed by atoms with Crippen LogP contribution in [0, 0.1) is 0 Å². The van der Waals surface area contributed by atoms with Crippen molar-refractivity contribution in [3.05, 3.63) is 12.7 Å². The van der Waals surface area contributed by atoms with Crippen molar-refractivity contribution in [2.75, 3.05) is 32.6 Å². The number of carbonyl (C=O) groups excluding carboxylic acids is 1. The van der Waals surface area contributed by atoms with Gasteiger partial charge in [-0.2, -0.15) is 0 Å². The molecule has 6 nitrogen and oxygen atoms in total. The fourth-order valence-electron chi connectivity index (χ4n) is 0.969. The van der Waals surface area contributed by atoms with E-state index in [2.05, 4.69) is 11.3 Å². The Labute approximate surface area is 101 Å². The van der Waals surface area contributed by atoms with Crippen LogP contribution in [0.5, 0.6) is 0 Å². The Kier molecular flexibility index (Phi) is 8.76. The van der Waals surface area contributed by atoms with E-state index in [4.69, 9.17) is 13.8 Å². The summed E-state index contributed by atoms with van der Waals surface area (Å²) in [4.78, 5) is 10.9. The van der Waals surface area contributed by atoms with Gasteiger partial charge in [-0.25, -0.2) is 4.79 Å². The molecule has 0 aliphatic rings. The first-order valence-electron chi connectivity index (χ1n) is 5.36. The van der Waals surface area contributed by atoms with Crippen molar-refractivity contribution < 1.29 is 27.9 Å². The predicted octanol–water partition coefficient (Wildman–Crippen LogP) is 2.59. The van der Waals surface area contributed by atoms with Crippen LogP contribution >= 0.6 is 7.60 Å². The molecule has 0 N–H and O–H groups in total. The SMILES string of the molecule is C=CCOC(=O)OCCP(=O)(OCC)OCC. The van der Waals surface area contributed by atoms with Gasteiger partial charge in [0.2, 0.25) is 0 Å². The maximum atomic E-state index is 11.9. The average Bonchev–Trinajstić information content (AvgIpc) is 2.27. The Hall–Kier alpha value is -0.840. The van der Waals surface area contributed by atoms with E-state index >= 15 is 0 Å². The fraction of sp³-hybridized carbons (Fsp3) is 0.700. The summed E-state index contributed by atoms with van der Waals surface area (Å²) in [5.74, 6) is 0. The Bertz CT molecular complexity index is 268. The minimum atomic E-state index is -3.15. The molecule has 0 amide bonds. The van der Waals surface area contributed by atoms with Crippen molar-refractivity contribution in [3.8, 4) is 0 Å². The summed E-state index contributed by atoms with van der Waals surface area (Å²) < 4.78 is 31.2. The number of rotatable bonds is 9. The maximum Gasteiger partial charge on any atom is 0.508 e. The molecular weight excluding hydrogens is 247 g/mol. The molecule has 0 spiro atoms. The van der Waals surface area contributed by atoms with Crippen molar-refractivity contribution >= 4 is 13.8 Å². The van der Waals surface area contributed by atoms with Crippen molar-refractivity contribution in [1.82, 2.24) is 0 Å². The summed E-state index contributed by atoms with van der Waals surface area (Å²) in [5.41, 5.74) is 0. The number of carbonyl (C=O) groups is 1. The second-order valence-corrected chi connectivity index (χ2v) is 5.05. The first-order valence-corrected chi connectivity index (χ1v) is 7.09. The van der Waals surface area contributed by atoms with E-state index in [-0.39, 0.29) is 32.6 Å². The molecule has 0 aromatic carbocycles. The normalized spacial score (nSPS) is 10.9. The predicted molar refractivity (Wildman–Crippen MR) is 63.2 cm³/mol. The van der Waals surface area contributed by atoms with Crippen molar-refractivity contribution in [1.29, 1.82) is 0 Å². The minimum Gasteiger partial charge on any atom is -0.434 e. The first kappa shape index (κ1) is 16.2. The van der Waals surface area contributed by atoms with Gasteiger partial charge in [0, 0.05) is 0 Å². The monoisotopic (exact) mass is 266 g/mol. The molecule has 0 rings (SSSR count). The van der Waals surface area contributed by atoms with E-state index in [1.54, 1.807) is 13.8 Å². The summed E-state index contributed by atoms with van der Waals surface area (Å²) in [6, 6.07) is 0. The van der Waals surface area contributed by atoms with Gasteiger partial charge in [0.25, 0.3) is 0 Å². The topological polar surface area (TPSA) is 71.1 Å². The van der Waals surface area contributed by atoms with Gasteiger partial charge in [-0.15, -0.1) is 0 Å². The van der Waals surface area contributed by atoms with E-state index < -0.39 is 13.8 Å². The molecule has 0 aromatic heterocycles. The highest BCUT2D eigenvalue weighted by Gasteiger charge is 2.23. The van der Waals surface area contributed by atoms with Crippen LogP contribution in [0.4, 0.5) is 4.79 Å². The Morgan fingerprint density at radius 1 is 1.24 bits per heavy atom. The van der Waals surface area contributed by atoms with Crippen LogP contribution in [0.25, 0.3) is 0 Å². The molecule has 100 valence electrons. The molecule has 0 heterocycles. The third-order valence-electron chi connectivity index (χ3n) is 1.56. The van der Waals surface area contributed by atoms with Gasteiger partial charge >= 0.3 is 13.8 Å². The zero-order chi connectivity index (χ0) is 13.1. The zero-order valence-electron chi connectivity index (χ0n) is 10.2. The van der Waals surface area contributed by atoms with Gasteiger partial charge in [0.1, 0.15) is 13.2 Å². The second kappa shape index (κ2) is 9.22. The molecule has 0 unspecified atom stereocenters. The molecular formula is C10H19O6P. The van der Waals surface area contributed by atoms with Crippen LogP contribution in [0.15, 0.2) is 12.7 Å². The quantitative estimate of drug-likeness (QED) is 0.363. The third kappa shape index (κ3) is 7.96. The highest BCUT2D eigenvalue weighted by molar-refractivity contribution is 7.53. The van der Waals surface area contributed by atoms with E-state index in [1.807, 2.05) is 0 Å². The van der Waals surface area contributed by atoms with Gasteiger partial charge in [-0.1, -0.05) is 12.7 Å². The Morgan fingerprint density at radius 3 is 2.29 bits per heavy atom. The summed E-state index contributed by atoms with van der Waals surface area (Å²) in [7, 11) is -3.15. The molecule has 0 atom stereocenters. The van der Waals surface area contributed by atoms with Gasteiger partial charge in [-0.05, 0) is 13.8 Å². The van der Waals surface area contributed by atoms with E-state index in [1.165, 1.54) is 6.08 Å². The lowest BCUT2D eigenvalue weighted by Gasteiger charge is -2.16. The lowest BCUT2D eigenvalue weighted by atomic mass is 10.7. The van der Waals surface area contributed by atoms with E-state index in [0.29, 0.717) is 0 Å². The number of hydrogen-bond donors (Lipinski definition) is 0. The fourth-order valence-corrected chi connectivity index (χ4v) is 2.40. The molecule has 0 aliphatic carbocycles. The lowest BCUT2D eigenvalue weighted by Crippen LogP contribution is -2.12. The highest BCUT2D eigenvalue weighted by atomic mass is 31.2.